The number of carbonyl (C=O) groups is 1. The zero-order chi connectivity index (χ0) is 17.1. The highest BCUT2D eigenvalue weighted by atomic mass is 32.1. The van der Waals surface area contributed by atoms with Gasteiger partial charge in [-0.05, 0) is 55.2 Å². The van der Waals surface area contributed by atoms with E-state index in [0.717, 1.165) is 5.39 Å². The van der Waals surface area contributed by atoms with E-state index in [2.05, 4.69) is 10.3 Å². The highest BCUT2D eigenvalue weighted by molar-refractivity contribution is 7.10. The molecule has 0 spiro atoms. The van der Waals surface area contributed by atoms with E-state index in [4.69, 9.17) is 0 Å². The number of nitrogens with zero attached hydrogens (tertiary/aromatic N) is 1. The standard InChI is InChI=1S/C18H19N3O2S/c1-21(2)15(16-4-3-9-24-16)11-17(22)20-13-5-6-14-12(10-13)7-8-19-18(14)23/h3-10,15H,11H2,1-2H3,(H,19,23)(H,20,22)/t15-/m0/s1. The molecule has 0 saturated carbocycles. The minimum absolute atomic E-state index is 0.0494. The number of hydrogen-bond donors (Lipinski definition) is 2. The first-order chi connectivity index (χ1) is 11.5. The highest BCUT2D eigenvalue weighted by Gasteiger charge is 2.19. The minimum atomic E-state index is -0.129. The predicted octanol–water partition coefficient (Wildman–Crippen LogP) is 3.22. The summed E-state index contributed by atoms with van der Waals surface area (Å²) >= 11 is 1.65. The van der Waals surface area contributed by atoms with Crippen molar-refractivity contribution in [3.63, 3.8) is 0 Å². The van der Waals surface area contributed by atoms with Crippen molar-refractivity contribution in [2.45, 2.75) is 12.5 Å². The third-order valence-electron chi connectivity index (χ3n) is 3.93. The van der Waals surface area contributed by atoms with Gasteiger partial charge < -0.3 is 15.2 Å². The number of H-pyrrole nitrogens is 1. The lowest BCUT2D eigenvalue weighted by Gasteiger charge is -2.22. The molecule has 0 aliphatic carbocycles. The number of hydrogen-bond acceptors (Lipinski definition) is 4. The van der Waals surface area contributed by atoms with Gasteiger partial charge in [0, 0.05) is 28.6 Å². The largest absolute Gasteiger partial charge is 0.329 e. The second-order valence-corrected chi connectivity index (χ2v) is 6.84. The lowest BCUT2D eigenvalue weighted by molar-refractivity contribution is -0.117. The number of rotatable bonds is 5. The van der Waals surface area contributed by atoms with E-state index >= 15 is 0 Å². The fourth-order valence-corrected chi connectivity index (χ4v) is 3.60. The Kier molecular flexibility index (Phi) is 4.78. The summed E-state index contributed by atoms with van der Waals surface area (Å²) in [6, 6.07) is 11.2. The third kappa shape index (κ3) is 3.55. The van der Waals surface area contributed by atoms with Crippen LogP contribution >= 0.6 is 11.3 Å². The van der Waals surface area contributed by atoms with Crippen LogP contribution in [0.2, 0.25) is 0 Å². The number of pyridine rings is 1. The van der Waals surface area contributed by atoms with Gasteiger partial charge in [-0.2, -0.15) is 0 Å². The molecule has 0 saturated heterocycles. The van der Waals surface area contributed by atoms with Crippen molar-refractivity contribution in [2.24, 2.45) is 0 Å². The Hall–Kier alpha value is -2.44. The van der Waals surface area contributed by atoms with Crippen LogP contribution in [0.5, 0.6) is 0 Å². The molecule has 2 N–H and O–H groups in total. The molecule has 1 aromatic carbocycles. The minimum Gasteiger partial charge on any atom is -0.329 e. The molecule has 3 rings (SSSR count). The van der Waals surface area contributed by atoms with Crippen LogP contribution in [-0.2, 0) is 4.79 Å². The molecule has 5 nitrogen and oxygen atoms in total. The maximum Gasteiger partial charge on any atom is 0.255 e. The Morgan fingerprint density at radius 3 is 2.83 bits per heavy atom. The van der Waals surface area contributed by atoms with E-state index in [9.17, 15) is 9.59 Å². The summed E-state index contributed by atoms with van der Waals surface area (Å²) in [5, 5.41) is 6.36. The Morgan fingerprint density at radius 1 is 1.29 bits per heavy atom. The smallest absolute Gasteiger partial charge is 0.255 e. The van der Waals surface area contributed by atoms with Gasteiger partial charge in [-0.15, -0.1) is 11.3 Å². The second-order valence-electron chi connectivity index (χ2n) is 5.86. The number of fused-ring (bicyclic) bond motifs is 1. The number of anilines is 1. The van der Waals surface area contributed by atoms with Crippen LogP contribution in [0.4, 0.5) is 5.69 Å². The van der Waals surface area contributed by atoms with Gasteiger partial charge in [0.25, 0.3) is 5.56 Å². The molecule has 1 atom stereocenters. The van der Waals surface area contributed by atoms with E-state index in [-0.39, 0.29) is 17.5 Å². The fourth-order valence-electron chi connectivity index (χ4n) is 2.68. The number of benzene rings is 1. The first kappa shape index (κ1) is 16.4. The van der Waals surface area contributed by atoms with Gasteiger partial charge in [0.2, 0.25) is 5.91 Å². The lowest BCUT2D eigenvalue weighted by Crippen LogP contribution is -2.25. The molecule has 0 unspecified atom stereocenters. The second kappa shape index (κ2) is 6.98. The summed E-state index contributed by atoms with van der Waals surface area (Å²) in [6.07, 6.45) is 1.98. The van der Waals surface area contributed by atoms with Crippen molar-refractivity contribution in [3.05, 3.63) is 63.2 Å². The topological polar surface area (TPSA) is 65.2 Å². The van der Waals surface area contributed by atoms with Gasteiger partial charge in [-0.25, -0.2) is 0 Å². The van der Waals surface area contributed by atoms with E-state index < -0.39 is 0 Å². The number of thiophene rings is 1. The molecule has 0 aliphatic heterocycles. The van der Waals surface area contributed by atoms with Crippen molar-refractivity contribution in [1.82, 2.24) is 9.88 Å². The van der Waals surface area contributed by atoms with Gasteiger partial charge in [0.05, 0.1) is 6.04 Å². The summed E-state index contributed by atoms with van der Waals surface area (Å²) in [6.45, 7) is 0. The molecule has 2 aromatic heterocycles. The molecular weight excluding hydrogens is 322 g/mol. The van der Waals surface area contributed by atoms with Crippen LogP contribution < -0.4 is 10.9 Å². The molecule has 3 aromatic rings. The molecule has 0 aliphatic rings. The van der Waals surface area contributed by atoms with Crippen LogP contribution in [0, 0.1) is 0 Å². The van der Waals surface area contributed by atoms with Gasteiger partial charge in [-0.3, -0.25) is 9.59 Å². The van der Waals surface area contributed by atoms with Crippen molar-refractivity contribution in [2.75, 3.05) is 19.4 Å². The molecule has 1 amide bonds. The summed E-state index contributed by atoms with van der Waals surface area (Å²) in [4.78, 5) is 30.0. The van der Waals surface area contributed by atoms with E-state index in [0.29, 0.717) is 17.5 Å². The number of amides is 1. The van der Waals surface area contributed by atoms with Crippen LogP contribution in [0.1, 0.15) is 17.3 Å². The fraction of sp³-hybridized carbons (Fsp3) is 0.222. The predicted molar refractivity (Wildman–Crippen MR) is 98.6 cm³/mol. The summed E-state index contributed by atoms with van der Waals surface area (Å²) in [5.74, 6) is -0.0497. The number of aromatic amines is 1. The zero-order valence-electron chi connectivity index (χ0n) is 13.6. The third-order valence-corrected chi connectivity index (χ3v) is 4.90. The number of carbonyl (C=O) groups excluding carboxylic acids is 1. The molecule has 0 bridgehead atoms. The maximum absolute atomic E-state index is 12.4. The molecule has 24 heavy (non-hydrogen) atoms. The van der Waals surface area contributed by atoms with E-state index in [1.165, 1.54) is 4.88 Å². The van der Waals surface area contributed by atoms with Crippen molar-refractivity contribution >= 4 is 33.7 Å². The molecular formula is C18H19N3O2S. The van der Waals surface area contributed by atoms with Gasteiger partial charge in [-0.1, -0.05) is 6.07 Å². The zero-order valence-corrected chi connectivity index (χ0v) is 14.4. The quantitative estimate of drug-likeness (QED) is 0.749. The highest BCUT2D eigenvalue weighted by Crippen LogP contribution is 2.27. The Balaban J connectivity index is 1.76. The molecule has 0 fully saturated rings. The van der Waals surface area contributed by atoms with Crippen LogP contribution in [-0.4, -0.2) is 29.9 Å². The van der Waals surface area contributed by atoms with E-state index in [1.807, 2.05) is 48.6 Å². The van der Waals surface area contributed by atoms with Gasteiger partial charge in [0.15, 0.2) is 0 Å². The monoisotopic (exact) mass is 341 g/mol. The van der Waals surface area contributed by atoms with Crippen molar-refractivity contribution < 1.29 is 4.79 Å². The Morgan fingerprint density at radius 2 is 2.12 bits per heavy atom. The number of aromatic nitrogens is 1. The van der Waals surface area contributed by atoms with Crippen LogP contribution in [0.3, 0.4) is 0 Å². The Labute approximate surface area is 143 Å². The maximum atomic E-state index is 12.4. The molecule has 0 radical (unpaired) electrons. The summed E-state index contributed by atoms with van der Waals surface area (Å²) < 4.78 is 0. The Bertz CT molecular complexity index is 900. The normalized spacial score (nSPS) is 12.5. The van der Waals surface area contributed by atoms with Crippen LogP contribution in [0.25, 0.3) is 10.8 Å². The van der Waals surface area contributed by atoms with Crippen molar-refractivity contribution in [3.8, 4) is 0 Å². The summed E-state index contributed by atoms with van der Waals surface area (Å²) in [7, 11) is 3.94. The molecule has 124 valence electrons. The van der Waals surface area contributed by atoms with Gasteiger partial charge in [0.1, 0.15) is 0 Å². The lowest BCUT2D eigenvalue weighted by atomic mass is 10.1. The first-order valence-electron chi connectivity index (χ1n) is 7.66. The SMILES string of the molecule is CN(C)[C@@H](CC(=O)Nc1ccc2c(=O)[nH]ccc2c1)c1cccs1. The van der Waals surface area contributed by atoms with Gasteiger partial charge >= 0.3 is 0 Å². The van der Waals surface area contributed by atoms with Crippen LogP contribution in [0.15, 0.2) is 52.8 Å². The molecule has 2 heterocycles. The van der Waals surface area contributed by atoms with E-state index in [1.54, 1.807) is 29.7 Å². The average Bonchev–Trinajstić information content (AvgIpc) is 3.06. The summed E-state index contributed by atoms with van der Waals surface area (Å²) in [5.41, 5.74) is 0.567. The number of nitrogens with one attached hydrogen (secondary N) is 2. The van der Waals surface area contributed by atoms with Crippen molar-refractivity contribution in [1.29, 1.82) is 0 Å². The molecule has 6 heteroatoms. The first-order valence-corrected chi connectivity index (χ1v) is 8.53. The average molecular weight is 341 g/mol.